The van der Waals surface area contributed by atoms with Crippen LogP contribution in [0.1, 0.15) is 39.5 Å². The van der Waals surface area contributed by atoms with E-state index in [1.165, 1.54) is 0 Å². The van der Waals surface area contributed by atoms with E-state index in [9.17, 15) is 24.3 Å². The zero-order valence-corrected chi connectivity index (χ0v) is 20.6. The van der Waals surface area contributed by atoms with Gasteiger partial charge in [0.25, 0.3) is 0 Å². The van der Waals surface area contributed by atoms with Gasteiger partial charge in [0.2, 0.25) is 17.7 Å². The monoisotopic (exact) mass is 516 g/mol. The van der Waals surface area contributed by atoms with Gasteiger partial charge in [0.05, 0.1) is 12.6 Å². The fourth-order valence-corrected chi connectivity index (χ4v) is 2.94. The second-order valence-electron chi connectivity index (χ2n) is 8.38. The summed E-state index contributed by atoms with van der Waals surface area (Å²) in [6, 6.07) is -4.71. The Kier molecular flexibility index (Phi) is 15.2. The van der Waals surface area contributed by atoms with Crippen molar-refractivity contribution in [3.8, 4) is 0 Å². The van der Waals surface area contributed by atoms with E-state index >= 15 is 0 Å². The van der Waals surface area contributed by atoms with Crippen molar-refractivity contribution in [2.75, 3.05) is 19.7 Å². The Morgan fingerprint density at radius 1 is 0.778 bits per heavy atom. The molecular weight excluding hydrogens is 476 g/mol. The fraction of sp³-hybridized carbons (Fsp3) is 0.700. The average molecular weight is 517 g/mol. The molecule has 0 rings (SSSR count). The number of aliphatic hydroxyl groups excluding tert-OH is 1. The Bertz CT molecular complexity index is 796. The SMILES string of the molecule is CC(C)C(NC(=O)C(N)CCCN=C(N)N)C(=O)NC(CCCN=C(N)N)C(=O)NC(CO)C(=O)O. The molecule has 0 aromatic rings. The van der Waals surface area contributed by atoms with Crippen LogP contribution in [-0.4, -0.2) is 89.7 Å². The molecule has 0 radical (unpaired) electrons. The average Bonchev–Trinajstić information content (AvgIpc) is 2.79. The third-order valence-corrected chi connectivity index (χ3v) is 4.93. The number of carboxylic acid groups (broad SMARTS) is 1. The van der Waals surface area contributed by atoms with Crippen molar-refractivity contribution in [1.82, 2.24) is 16.0 Å². The van der Waals surface area contributed by atoms with Crippen molar-refractivity contribution in [3.63, 3.8) is 0 Å². The number of aliphatic hydroxyl groups is 1. The summed E-state index contributed by atoms with van der Waals surface area (Å²) in [5.74, 6) is -4.13. The van der Waals surface area contributed by atoms with Crippen LogP contribution in [0.15, 0.2) is 9.98 Å². The lowest BCUT2D eigenvalue weighted by Crippen LogP contribution is -2.58. The minimum absolute atomic E-state index is 0.0508. The van der Waals surface area contributed by atoms with Crippen molar-refractivity contribution in [1.29, 1.82) is 0 Å². The van der Waals surface area contributed by atoms with Crippen LogP contribution in [0.25, 0.3) is 0 Å². The number of nitrogens with two attached hydrogens (primary N) is 5. The third kappa shape index (κ3) is 13.3. The molecule has 0 saturated heterocycles. The van der Waals surface area contributed by atoms with Crippen molar-refractivity contribution in [3.05, 3.63) is 0 Å². The minimum Gasteiger partial charge on any atom is -0.480 e. The highest BCUT2D eigenvalue weighted by Crippen LogP contribution is 2.07. The number of hydrogen-bond acceptors (Lipinski definition) is 8. The molecule has 15 N–H and O–H groups in total. The Balaban J connectivity index is 5.35. The number of carboxylic acids is 1. The first-order valence-electron chi connectivity index (χ1n) is 11.4. The van der Waals surface area contributed by atoms with Gasteiger partial charge in [-0.3, -0.25) is 24.4 Å². The lowest BCUT2D eigenvalue weighted by molar-refractivity contribution is -0.143. The second-order valence-corrected chi connectivity index (χ2v) is 8.38. The Labute approximate surface area is 209 Å². The summed E-state index contributed by atoms with van der Waals surface area (Å²) in [4.78, 5) is 57.0. The molecule has 16 heteroatoms. The maximum atomic E-state index is 13.0. The standard InChI is InChI=1S/C20H40N10O6/c1-10(2)14(30-15(32)11(21)5-3-7-26-19(22)23)17(34)28-12(6-4-8-27-20(24)25)16(33)29-13(9-31)18(35)36/h10-14,31H,3-9,21H2,1-2H3,(H,28,34)(H,29,33)(H,30,32)(H,35,36)(H4,22,23,26)(H4,24,25,27). The van der Waals surface area contributed by atoms with E-state index in [1.54, 1.807) is 13.8 Å². The highest BCUT2D eigenvalue weighted by molar-refractivity contribution is 5.94. The molecule has 0 aliphatic carbocycles. The van der Waals surface area contributed by atoms with Crippen molar-refractivity contribution >= 4 is 35.6 Å². The number of hydrogen-bond donors (Lipinski definition) is 10. The van der Waals surface area contributed by atoms with Crippen molar-refractivity contribution in [2.45, 2.75) is 63.7 Å². The number of carbonyl (C=O) groups is 4. The van der Waals surface area contributed by atoms with Crippen LogP contribution < -0.4 is 44.6 Å². The number of nitrogens with one attached hydrogen (secondary N) is 3. The Morgan fingerprint density at radius 2 is 1.28 bits per heavy atom. The van der Waals surface area contributed by atoms with Gasteiger partial charge >= 0.3 is 5.97 Å². The first-order chi connectivity index (χ1) is 16.8. The quantitative estimate of drug-likeness (QED) is 0.0500. The molecule has 0 aromatic carbocycles. The maximum Gasteiger partial charge on any atom is 0.328 e. The van der Waals surface area contributed by atoms with Crippen LogP contribution in [-0.2, 0) is 19.2 Å². The van der Waals surface area contributed by atoms with Crippen LogP contribution in [0.5, 0.6) is 0 Å². The molecule has 0 aromatic heterocycles. The van der Waals surface area contributed by atoms with Crippen LogP contribution >= 0.6 is 0 Å². The van der Waals surface area contributed by atoms with E-state index in [0.717, 1.165) is 0 Å². The predicted molar refractivity (Wildman–Crippen MR) is 133 cm³/mol. The van der Waals surface area contributed by atoms with Crippen molar-refractivity contribution in [2.24, 2.45) is 44.6 Å². The van der Waals surface area contributed by atoms with Crippen molar-refractivity contribution < 1.29 is 29.4 Å². The molecular formula is C20H40N10O6. The number of nitrogens with zero attached hydrogens (tertiary/aromatic N) is 2. The lowest BCUT2D eigenvalue weighted by atomic mass is 10.0. The van der Waals surface area contributed by atoms with E-state index in [-0.39, 0.29) is 43.6 Å². The van der Waals surface area contributed by atoms with Gasteiger partial charge in [-0.05, 0) is 31.6 Å². The summed E-state index contributed by atoms with van der Waals surface area (Å²) < 4.78 is 0. The molecule has 0 spiro atoms. The molecule has 0 fully saturated rings. The van der Waals surface area contributed by atoms with Crippen LogP contribution in [0.2, 0.25) is 0 Å². The zero-order chi connectivity index (χ0) is 27.8. The molecule has 0 aliphatic rings. The topological polar surface area (TPSA) is 300 Å². The number of aliphatic carboxylic acids is 1. The minimum atomic E-state index is -1.56. The molecule has 0 bridgehead atoms. The van der Waals surface area contributed by atoms with Gasteiger partial charge in [0.1, 0.15) is 18.1 Å². The summed E-state index contributed by atoms with van der Waals surface area (Å²) >= 11 is 0. The molecule has 0 saturated carbocycles. The van der Waals surface area contributed by atoms with E-state index in [1.807, 2.05) is 0 Å². The molecule has 4 atom stereocenters. The highest BCUT2D eigenvalue weighted by Gasteiger charge is 2.31. The smallest absolute Gasteiger partial charge is 0.328 e. The highest BCUT2D eigenvalue weighted by atomic mass is 16.4. The van der Waals surface area contributed by atoms with Gasteiger partial charge in [0, 0.05) is 13.1 Å². The molecule has 0 heterocycles. The number of aliphatic imine (C=N–C) groups is 2. The summed E-state index contributed by atoms with van der Waals surface area (Å²) in [7, 11) is 0. The first-order valence-corrected chi connectivity index (χ1v) is 11.4. The van der Waals surface area contributed by atoms with E-state index in [0.29, 0.717) is 13.0 Å². The predicted octanol–water partition coefficient (Wildman–Crippen LogP) is -4.39. The normalized spacial score (nSPS) is 14.0. The third-order valence-electron chi connectivity index (χ3n) is 4.93. The van der Waals surface area contributed by atoms with Gasteiger partial charge in [-0.1, -0.05) is 13.8 Å². The number of rotatable bonds is 17. The van der Waals surface area contributed by atoms with E-state index in [4.69, 9.17) is 33.8 Å². The summed E-state index contributed by atoms with van der Waals surface area (Å²) in [5, 5.41) is 25.6. The summed E-state index contributed by atoms with van der Waals surface area (Å²) in [5.41, 5.74) is 27.0. The van der Waals surface area contributed by atoms with Crippen LogP contribution in [0.3, 0.4) is 0 Å². The fourth-order valence-electron chi connectivity index (χ4n) is 2.94. The summed E-state index contributed by atoms with van der Waals surface area (Å²) in [6.07, 6.45) is 1.03. The number of carbonyl (C=O) groups excluding carboxylic acids is 3. The summed E-state index contributed by atoms with van der Waals surface area (Å²) in [6.45, 7) is 2.98. The molecule has 206 valence electrons. The van der Waals surface area contributed by atoms with Gasteiger partial charge < -0.3 is 54.8 Å². The molecule has 36 heavy (non-hydrogen) atoms. The maximum absolute atomic E-state index is 13.0. The molecule has 16 nitrogen and oxygen atoms in total. The van der Waals surface area contributed by atoms with E-state index in [2.05, 4.69) is 25.9 Å². The van der Waals surface area contributed by atoms with Gasteiger partial charge in [0.15, 0.2) is 11.9 Å². The van der Waals surface area contributed by atoms with Crippen LogP contribution in [0.4, 0.5) is 0 Å². The lowest BCUT2D eigenvalue weighted by Gasteiger charge is -2.26. The van der Waals surface area contributed by atoms with Gasteiger partial charge in [-0.15, -0.1) is 0 Å². The van der Waals surface area contributed by atoms with Crippen LogP contribution in [0, 0.1) is 5.92 Å². The first kappa shape index (κ1) is 32.3. The van der Waals surface area contributed by atoms with E-state index < -0.39 is 54.5 Å². The number of guanidine groups is 2. The second kappa shape index (κ2) is 16.9. The molecule has 4 unspecified atom stereocenters. The Morgan fingerprint density at radius 3 is 1.72 bits per heavy atom. The van der Waals surface area contributed by atoms with Gasteiger partial charge in [-0.25, -0.2) is 4.79 Å². The Hall–Kier alpha value is -3.66. The van der Waals surface area contributed by atoms with Gasteiger partial charge in [-0.2, -0.15) is 0 Å². The number of amides is 3. The molecule has 3 amide bonds. The zero-order valence-electron chi connectivity index (χ0n) is 20.6. The molecule has 0 aliphatic heterocycles. The largest absolute Gasteiger partial charge is 0.480 e.